The fraction of sp³-hybridized carbons (Fsp3) is 0.231. The van der Waals surface area contributed by atoms with E-state index in [-0.39, 0.29) is 5.91 Å². The van der Waals surface area contributed by atoms with Crippen LogP contribution in [0.15, 0.2) is 34.8 Å². The summed E-state index contributed by atoms with van der Waals surface area (Å²) in [5.41, 5.74) is 2.71. The van der Waals surface area contributed by atoms with Crippen molar-refractivity contribution in [3.63, 3.8) is 0 Å². The second-order valence-electron chi connectivity index (χ2n) is 4.03. The van der Waals surface area contributed by atoms with E-state index in [9.17, 15) is 4.79 Å². The number of hydrogen-bond acceptors (Lipinski definition) is 2. The minimum atomic E-state index is -0.177. The van der Waals surface area contributed by atoms with Crippen molar-refractivity contribution in [2.45, 2.75) is 13.8 Å². The van der Waals surface area contributed by atoms with Crippen molar-refractivity contribution in [1.29, 1.82) is 0 Å². The number of rotatable bonds is 1. The van der Waals surface area contributed by atoms with Crippen LogP contribution in [0.3, 0.4) is 0 Å². The SMILES string of the molecule is Cc1ccc(C)c(C(=O)N=c2sccn2C)c1. The maximum atomic E-state index is 12.1. The Hall–Kier alpha value is -1.68. The molecular weight excluding hydrogens is 232 g/mol. The highest BCUT2D eigenvalue weighted by Crippen LogP contribution is 2.11. The predicted octanol–water partition coefficient (Wildman–Crippen LogP) is 2.44. The van der Waals surface area contributed by atoms with Gasteiger partial charge >= 0.3 is 0 Å². The Morgan fingerprint density at radius 2 is 2.12 bits per heavy atom. The largest absolute Gasteiger partial charge is 0.327 e. The van der Waals surface area contributed by atoms with Crippen LogP contribution >= 0.6 is 11.3 Å². The minimum Gasteiger partial charge on any atom is -0.327 e. The summed E-state index contributed by atoms with van der Waals surface area (Å²) in [4.78, 5) is 16.9. The average Bonchev–Trinajstić information content (AvgIpc) is 2.68. The van der Waals surface area contributed by atoms with E-state index < -0.39 is 0 Å². The van der Waals surface area contributed by atoms with Crippen molar-refractivity contribution in [2.75, 3.05) is 0 Å². The Balaban J connectivity index is 2.46. The zero-order chi connectivity index (χ0) is 12.4. The zero-order valence-electron chi connectivity index (χ0n) is 10.1. The van der Waals surface area contributed by atoms with Gasteiger partial charge in [0, 0.05) is 24.2 Å². The highest BCUT2D eigenvalue weighted by molar-refractivity contribution is 7.07. The van der Waals surface area contributed by atoms with Crippen molar-refractivity contribution in [1.82, 2.24) is 4.57 Å². The Kier molecular flexibility index (Phi) is 3.24. The van der Waals surface area contributed by atoms with Crippen LogP contribution in [0.25, 0.3) is 0 Å². The summed E-state index contributed by atoms with van der Waals surface area (Å²) in [5.74, 6) is -0.177. The third kappa shape index (κ3) is 2.53. The lowest BCUT2D eigenvalue weighted by atomic mass is 10.1. The first-order valence-corrected chi connectivity index (χ1v) is 6.22. The molecule has 1 heterocycles. The Labute approximate surface area is 104 Å². The fourth-order valence-corrected chi connectivity index (χ4v) is 2.28. The monoisotopic (exact) mass is 246 g/mol. The number of aryl methyl sites for hydroxylation is 3. The molecule has 17 heavy (non-hydrogen) atoms. The summed E-state index contributed by atoms with van der Waals surface area (Å²) < 4.78 is 1.84. The summed E-state index contributed by atoms with van der Waals surface area (Å²) in [6.45, 7) is 3.90. The molecule has 3 nitrogen and oxygen atoms in total. The van der Waals surface area contributed by atoms with Crippen LogP contribution in [-0.4, -0.2) is 10.5 Å². The molecule has 0 aliphatic heterocycles. The maximum absolute atomic E-state index is 12.1. The molecule has 0 radical (unpaired) electrons. The molecule has 1 aromatic heterocycles. The average molecular weight is 246 g/mol. The number of carbonyl (C=O) groups excluding carboxylic acids is 1. The van der Waals surface area contributed by atoms with Crippen LogP contribution in [0.2, 0.25) is 0 Å². The molecule has 0 N–H and O–H groups in total. The van der Waals surface area contributed by atoms with Gasteiger partial charge in [-0.1, -0.05) is 17.7 Å². The van der Waals surface area contributed by atoms with Crippen molar-refractivity contribution < 1.29 is 4.79 Å². The van der Waals surface area contributed by atoms with E-state index in [0.717, 1.165) is 15.9 Å². The molecule has 0 saturated carbocycles. The van der Waals surface area contributed by atoms with Crippen LogP contribution < -0.4 is 4.80 Å². The van der Waals surface area contributed by atoms with Gasteiger partial charge in [0.15, 0.2) is 4.80 Å². The summed E-state index contributed by atoms with van der Waals surface area (Å²) in [7, 11) is 1.88. The van der Waals surface area contributed by atoms with Gasteiger partial charge in [-0.2, -0.15) is 4.99 Å². The van der Waals surface area contributed by atoms with Gasteiger partial charge in [0.1, 0.15) is 0 Å². The zero-order valence-corrected chi connectivity index (χ0v) is 10.9. The number of amides is 1. The molecule has 4 heteroatoms. The van der Waals surface area contributed by atoms with Gasteiger partial charge in [-0.3, -0.25) is 4.79 Å². The van der Waals surface area contributed by atoms with Crippen molar-refractivity contribution in [3.05, 3.63) is 51.3 Å². The quantitative estimate of drug-likeness (QED) is 0.761. The van der Waals surface area contributed by atoms with Crippen LogP contribution in [-0.2, 0) is 7.05 Å². The lowest BCUT2D eigenvalue weighted by Crippen LogP contribution is -2.13. The first-order valence-electron chi connectivity index (χ1n) is 5.34. The van der Waals surface area contributed by atoms with Gasteiger partial charge in [-0.25, -0.2) is 0 Å². The second kappa shape index (κ2) is 4.67. The standard InChI is InChI=1S/C13H14N2OS/c1-9-4-5-10(2)11(8-9)12(16)14-13-15(3)6-7-17-13/h4-8H,1-3H3. The number of nitrogens with zero attached hydrogens (tertiary/aromatic N) is 2. The molecule has 88 valence electrons. The van der Waals surface area contributed by atoms with E-state index in [0.29, 0.717) is 5.56 Å². The van der Waals surface area contributed by atoms with E-state index >= 15 is 0 Å². The molecule has 1 aromatic carbocycles. The van der Waals surface area contributed by atoms with Gasteiger partial charge in [0.25, 0.3) is 5.91 Å². The van der Waals surface area contributed by atoms with E-state index in [1.807, 2.05) is 55.2 Å². The summed E-state index contributed by atoms with van der Waals surface area (Å²) in [6, 6.07) is 5.83. The number of aromatic nitrogens is 1. The van der Waals surface area contributed by atoms with Crippen LogP contribution in [0.4, 0.5) is 0 Å². The summed E-state index contributed by atoms with van der Waals surface area (Å²) in [5, 5.41) is 1.91. The molecule has 2 aromatic rings. The maximum Gasteiger partial charge on any atom is 0.279 e. The Morgan fingerprint density at radius 3 is 2.76 bits per heavy atom. The summed E-state index contributed by atoms with van der Waals surface area (Å²) >= 11 is 1.46. The topological polar surface area (TPSA) is 34.4 Å². The lowest BCUT2D eigenvalue weighted by molar-refractivity contribution is 0.0997. The molecule has 0 unspecified atom stereocenters. The van der Waals surface area contributed by atoms with Gasteiger partial charge < -0.3 is 4.57 Å². The first kappa shape index (κ1) is 11.8. The highest BCUT2D eigenvalue weighted by atomic mass is 32.1. The molecule has 0 spiro atoms. The van der Waals surface area contributed by atoms with E-state index in [1.165, 1.54) is 11.3 Å². The normalized spacial score (nSPS) is 11.8. The van der Waals surface area contributed by atoms with Crippen LogP contribution in [0.5, 0.6) is 0 Å². The van der Waals surface area contributed by atoms with Crippen LogP contribution in [0.1, 0.15) is 21.5 Å². The molecule has 0 aliphatic carbocycles. The Morgan fingerprint density at radius 1 is 1.35 bits per heavy atom. The van der Waals surface area contributed by atoms with E-state index in [2.05, 4.69) is 4.99 Å². The molecular formula is C13H14N2OS. The van der Waals surface area contributed by atoms with Gasteiger partial charge in [-0.15, -0.1) is 11.3 Å². The minimum absolute atomic E-state index is 0.177. The molecule has 0 bridgehead atoms. The van der Waals surface area contributed by atoms with Gasteiger partial charge in [0.2, 0.25) is 0 Å². The smallest absolute Gasteiger partial charge is 0.279 e. The van der Waals surface area contributed by atoms with Crippen molar-refractivity contribution in [3.8, 4) is 0 Å². The second-order valence-corrected chi connectivity index (χ2v) is 4.90. The van der Waals surface area contributed by atoms with Crippen molar-refractivity contribution in [2.24, 2.45) is 12.0 Å². The van der Waals surface area contributed by atoms with Crippen LogP contribution in [0, 0.1) is 13.8 Å². The predicted molar refractivity (Wildman–Crippen MR) is 69.1 cm³/mol. The molecule has 0 aliphatic rings. The van der Waals surface area contributed by atoms with E-state index in [4.69, 9.17) is 0 Å². The highest BCUT2D eigenvalue weighted by Gasteiger charge is 2.08. The van der Waals surface area contributed by atoms with Gasteiger partial charge in [0.05, 0.1) is 0 Å². The first-order chi connectivity index (χ1) is 8.08. The molecule has 1 amide bonds. The van der Waals surface area contributed by atoms with Crippen molar-refractivity contribution >= 4 is 17.2 Å². The molecule has 2 rings (SSSR count). The molecule has 0 atom stereocenters. The fourth-order valence-electron chi connectivity index (χ4n) is 1.55. The van der Waals surface area contributed by atoms with Gasteiger partial charge in [-0.05, 0) is 25.5 Å². The Bertz CT molecular complexity index is 622. The lowest BCUT2D eigenvalue weighted by Gasteiger charge is -2.02. The molecule has 0 fully saturated rings. The number of hydrogen-bond donors (Lipinski definition) is 0. The number of benzene rings is 1. The van der Waals surface area contributed by atoms with E-state index in [1.54, 1.807) is 0 Å². The third-order valence-corrected chi connectivity index (χ3v) is 3.43. The third-order valence-electron chi connectivity index (χ3n) is 2.58. The number of carbonyl (C=O) groups is 1. The number of thiazole rings is 1. The molecule has 0 saturated heterocycles. The summed E-state index contributed by atoms with van der Waals surface area (Å²) in [6.07, 6.45) is 1.89.